The molecule has 8 heteroatoms. The van der Waals surface area contributed by atoms with Gasteiger partial charge in [0.2, 0.25) is 10.0 Å². The van der Waals surface area contributed by atoms with Crippen LogP contribution < -0.4 is 9.83 Å². The molecular weight excluding hydrogens is 289 g/mol. The van der Waals surface area contributed by atoms with E-state index < -0.39 is 22.0 Å². The Balaban J connectivity index is 3.19. The molecule has 0 radical (unpaired) electrons. The quantitative estimate of drug-likeness (QED) is 0.872. The molecule has 0 saturated carbocycles. The van der Waals surface area contributed by atoms with Crippen molar-refractivity contribution < 1.29 is 18.3 Å². The Morgan fingerprint density at radius 2 is 1.82 bits per heavy atom. The molecule has 17 heavy (non-hydrogen) atoms. The summed E-state index contributed by atoms with van der Waals surface area (Å²) in [5.74, 6) is -1.54. The van der Waals surface area contributed by atoms with Gasteiger partial charge in [-0.05, 0) is 19.1 Å². The maximum absolute atomic E-state index is 11.8. The van der Waals surface area contributed by atoms with Crippen LogP contribution in [0.15, 0.2) is 23.1 Å². The van der Waals surface area contributed by atoms with Gasteiger partial charge in [-0.3, -0.25) is 0 Å². The monoisotopic (exact) mass is 296 g/mol. The molecule has 0 aliphatic rings. The van der Waals surface area contributed by atoms with Crippen LogP contribution in [0.2, 0.25) is 10.0 Å². The van der Waals surface area contributed by atoms with Crippen molar-refractivity contribution in [2.45, 2.75) is 17.9 Å². The van der Waals surface area contributed by atoms with E-state index >= 15 is 0 Å². The number of carbonyl (C=O) groups excluding carboxylic acids is 1. The van der Waals surface area contributed by atoms with Gasteiger partial charge in [-0.25, -0.2) is 13.1 Å². The molecule has 0 aromatic heterocycles. The van der Waals surface area contributed by atoms with Crippen molar-refractivity contribution in [1.82, 2.24) is 4.72 Å². The number of benzene rings is 1. The second-order valence-electron chi connectivity index (χ2n) is 3.21. The highest BCUT2D eigenvalue weighted by atomic mass is 35.5. The number of halogens is 2. The lowest BCUT2D eigenvalue weighted by Gasteiger charge is -2.16. The molecule has 0 aliphatic heterocycles. The smallest absolute Gasteiger partial charge is 0.244 e. The first-order chi connectivity index (χ1) is 7.75. The molecule has 0 fully saturated rings. The van der Waals surface area contributed by atoms with Gasteiger partial charge in [-0.15, -0.1) is 0 Å². The normalized spacial score (nSPS) is 13.4. The van der Waals surface area contributed by atoms with E-state index in [1.165, 1.54) is 18.2 Å². The Labute approximate surface area is 108 Å². The molecule has 0 spiro atoms. The highest BCUT2D eigenvalue weighted by molar-refractivity contribution is 7.89. The fraction of sp³-hybridized carbons (Fsp3) is 0.222. The van der Waals surface area contributed by atoms with Gasteiger partial charge in [-0.2, -0.15) is 0 Å². The molecule has 1 aromatic rings. The summed E-state index contributed by atoms with van der Waals surface area (Å²) < 4.78 is 25.5. The molecule has 1 N–H and O–H groups in total. The first-order valence-electron chi connectivity index (χ1n) is 4.43. The zero-order valence-corrected chi connectivity index (χ0v) is 10.9. The Morgan fingerprint density at radius 3 is 2.24 bits per heavy atom. The average molecular weight is 297 g/mol. The summed E-state index contributed by atoms with van der Waals surface area (Å²) in [6, 6.07) is 2.77. The molecule has 0 heterocycles. The second kappa shape index (κ2) is 5.22. The number of nitrogens with one attached hydrogen (secondary N) is 1. The van der Waals surface area contributed by atoms with Crippen LogP contribution in [0.5, 0.6) is 0 Å². The Hall–Kier alpha value is -0.820. The average Bonchev–Trinajstić information content (AvgIpc) is 2.15. The number of carboxylic acid groups (broad SMARTS) is 1. The molecule has 0 amide bonds. The molecule has 1 aromatic carbocycles. The van der Waals surface area contributed by atoms with Crippen LogP contribution in [0, 0.1) is 0 Å². The van der Waals surface area contributed by atoms with E-state index in [0.717, 1.165) is 6.92 Å². The molecule has 0 bridgehead atoms. The van der Waals surface area contributed by atoms with E-state index in [-0.39, 0.29) is 14.9 Å². The number of carboxylic acids is 1. The van der Waals surface area contributed by atoms with Gasteiger partial charge < -0.3 is 9.90 Å². The van der Waals surface area contributed by atoms with Crippen LogP contribution in [-0.4, -0.2) is 20.4 Å². The zero-order valence-electron chi connectivity index (χ0n) is 8.61. The van der Waals surface area contributed by atoms with Crippen molar-refractivity contribution in [3.05, 3.63) is 28.2 Å². The fourth-order valence-corrected chi connectivity index (χ4v) is 3.41. The number of hydrogen-bond donors (Lipinski definition) is 1. The van der Waals surface area contributed by atoms with Crippen LogP contribution >= 0.6 is 23.2 Å². The first-order valence-corrected chi connectivity index (χ1v) is 6.67. The Bertz CT molecular complexity index is 524. The largest absolute Gasteiger partial charge is 0.548 e. The van der Waals surface area contributed by atoms with E-state index in [9.17, 15) is 18.3 Å². The maximum Gasteiger partial charge on any atom is 0.244 e. The number of rotatable bonds is 4. The summed E-state index contributed by atoms with van der Waals surface area (Å²) in [5, 5.41) is 10.3. The minimum absolute atomic E-state index is 0.0875. The van der Waals surface area contributed by atoms with Crippen LogP contribution in [-0.2, 0) is 14.8 Å². The number of sulfonamides is 1. The Kier molecular flexibility index (Phi) is 4.37. The van der Waals surface area contributed by atoms with Gasteiger partial charge in [0.25, 0.3) is 0 Å². The lowest BCUT2D eigenvalue weighted by Crippen LogP contribution is -2.45. The molecule has 0 saturated heterocycles. The third-order valence-corrected chi connectivity index (χ3v) is 4.37. The number of aliphatic carboxylic acids is 1. The summed E-state index contributed by atoms with van der Waals surface area (Å²) in [4.78, 5) is 10.1. The fourth-order valence-electron chi connectivity index (χ4n) is 1.08. The van der Waals surface area contributed by atoms with E-state index in [0.29, 0.717) is 0 Å². The SMILES string of the molecule is C[C@H](NS(=O)(=O)c1c(Cl)cccc1Cl)C(=O)[O-]. The van der Waals surface area contributed by atoms with E-state index in [1.54, 1.807) is 0 Å². The predicted octanol–water partition coefficient (Wildman–Crippen LogP) is 0.410. The highest BCUT2D eigenvalue weighted by Gasteiger charge is 2.23. The summed E-state index contributed by atoms with van der Waals surface area (Å²) in [6.45, 7) is 1.14. The number of carbonyl (C=O) groups is 1. The number of hydrogen-bond acceptors (Lipinski definition) is 4. The maximum atomic E-state index is 11.8. The van der Waals surface area contributed by atoms with Gasteiger partial charge in [0, 0.05) is 0 Å². The van der Waals surface area contributed by atoms with Gasteiger partial charge in [0.1, 0.15) is 4.90 Å². The summed E-state index contributed by atoms with van der Waals surface area (Å²) in [5.41, 5.74) is 0. The van der Waals surface area contributed by atoms with Crippen molar-refractivity contribution in [3.63, 3.8) is 0 Å². The summed E-state index contributed by atoms with van der Waals surface area (Å²) in [6.07, 6.45) is 0. The zero-order chi connectivity index (χ0) is 13.2. The molecular formula is C9H8Cl2NO4S-. The van der Waals surface area contributed by atoms with Gasteiger partial charge in [0.15, 0.2) is 0 Å². The molecule has 0 unspecified atom stereocenters. The van der Waals surface area contributed by atoms with Crippen LogP contribution in [0.25, 0.3) is 0 Å². The van der Waals surface area contributed by atoms with Crippen molar-refractivity contribution in [1.29, 1.82) is 0 Å². The van der Waals surface area contributed by atoms with Gasteiger partial charge >= 0.3 is 0 Å². The van der Waals surface area contributed by atoms with Crippen molar-refractivity contribution >= 4 is 39.2 Å². The van der Waals surface area contributed by atoms with E-state index in [4.69, 9.17) is 23.2 Å². The van der Waals surface area contributed by atoms with Crippen molar-refractivity contribution in [2.24, 2.45) is 0 Å². The molecule has 1 rings (SSSR count). The van der Waals surface area contributed by atoms with Gasteiger partial charge in [-0.1, -0.05) is 29.3 Å². The Morgan fingerprint density at radius 1 is 1.35 bits per heavy atom. The second-order valence-corrected chi connectivity index (χ2v) is 5.68. The third-order valence-electron chi connectivity index (χ3n) is 1.87. The third kappa shape index (κ3) is 3.32. The van der Waals surface area contributed by atoms with Crippen LogP contribution in [0.4, 0.5) is 0 Å². The van der Waals surface area contributed by atoms with Crippen molar-refractivity contribution in [3.8, 4) is 0 Å². The lowest BCUT2D eigenvalue weighted by molar-refractivity contribution is -0.307. The molecule has 94 valence electrons. The minimum Gasteiger partial charge on any atom is -0.548 e. The summed E-state index contributed by atoms with van der Waals surface area (Å²) >= 11 is 11.4. The van der Waals surface area contributed by atoms with E-state index in [2.05, 4.69) is 0 Å². The topological polar surface area (TPSA) is 86.3 Å². The van der Waals surface area contributed by atoms with Crippen LogP contribution in [0.3, 0.4) is 0 Å². The standard InChI is InChI=1S/C9H9Cl2NO4S/c1-5(9(13)14)12-17(15,16)8-6(10)3-2-4-7(8)11/h2-5,12H,1H3,(H,13,14)/p-1/t5-/m0/s1. The van der Waals surface area contributed by atoms with Crippen LogP contribution in [0.1, 0.15) is 6.92 Å². The molecule has 1 atom stereocenters. The summed E-state index contributed by atoms with van der Waals surface area (Å²) in [7, 11) is -4.10. The minimum atomic E-state index is -4.10. The first kappa shape index (κ1) is 14.2. The molecule has 5 nitrogen and oxygen atoms in total. The van der Waals surface area contributed by atoms with E-state index in [1.807, 2.05) is 4.72 Å². The predicted molar refractivity (Wildman–Crippen MR) is 61.3 cm³/mol. The van der Waals surface area contributed by atoms with Gasteiger partial charge in [0.05, 0.1) is 22.1 Å². The lowest BCUT2D eigenvalue weighted by atomic mass is 10.4. The van der Waals surface area contributed by atoms with Crippen molar-refractivity contribution in [2.75, 3.05) is 0 Å². The molecule has 0 aliphatic carbocycles. The highest BCUT2D eigenvalue weighted by Crippen LogP contribution is 2.28.